The van der Waals surface area contributed by atoms with Crippen molar-refractivity contribution in [2.75, 3.05) is 19.8 Å². The summed E-state index contributed by atoms with van der Waals surface area (Å²) in [5.74, 6) is -1.21. The molecule has 2 rings (SSSR count). The summed E-state index contributed by atoms with van der Waals surface area (Å²) >= 11 is 0. The molecule has 9 N–H and O–H groups in total. The van der Waals surface area contributed by atoms with Crippen LogP contribution in [0, 0.1) is 0 Å². The van der Waals surface area contributed by atoms with E-state index in [9.17, 15) is 59.9 Å². The van der Waals surface area contributed by atoms with E-state index >= 15 is 0 Å². The predicted molar refractivity (Wildman–Crippen MR) is 249 cm³/mol. The number of unbranched alkanes of at least 4 members (excludes halogenated alkanes) is 25. The second kappa shape index (κ2) is 36.6. The summed E-state index contributed by atoms with van der Waals surface area (Å²) in [5.41, 5.74) is 0. The average Bonchev–Trinajstić information content (AvgIpc) is 3.31. The van der Waals surface area contributed by atoms with Crippen LogP contribution in [0.15, 0.2) is 0 Å². The van der Waals surface area contributed by atoms with Gasteiger partial charge in [-0.1, -0.05) is 174 Å². The minimum atomic E-state index is -5.37. The first kappa shape index (κ1) is 61.8. The summed E-state index contributed by atoms with van der Waals surface area (Å²) in [4.78, 5) is 36.5. The maximum atomic E-state index is 13.4. The molecule has 1 aliphatic heterocycles. The van der Waals surface area contributed by atoms with Crippen LogP contribution in [-0.4, -0.2) is 151 Å². The number of ether oxygens (including phenoxy) is 4. The Balaban J connectivity index is 1.92. The fourth-order valence-electron chi connectivity index (χ4n) is 8.53. The fraction of sp³-hybridized carbons (Fsp3) is 0.958. The molecule has 0 radical (unpaired) electrons. The molecule has 67 heavy (non-hydrogen) atoms. The van der Waals surface area contributed by atoms with Gasteiger partial charge in [0, 0.05) is 12.8 Å². The van der Waals surface area contributed by atoms with Gasteiger partial charge in [-0.05, 0) is 12.8 Å². The smallest absolute Gasteiger partial charge is 0.462 e. The third-order valence-electron chi connectivity index (χ3n) is 12.8. The monoisotopic (exact) mass is 987 g/mol. The van der Waals surface area contributed by atoms with Crippen molar-refractivity contribution in [1.82, 2.24) is 0 Å². The normalized spacial score (nSPS) is 28.0. The quantitative estimate of drug-likeness (QED) is 0.0195. The summed E-state index contributed by atoms with van der Waals surface area (Å²) in [7, 11) is -5.37. The van der Waals surface area contributed by atoms with E-state index in [-0.39, 0.29) is 12.8 Å². The molecule has 396 valence electrons. The lowest BCUT2D eigenvalue weighted by Gasteiger charge is -2.47. The zero-order valence-electron chi connectivity index (χ0n) is 40.7. The molecule has 2 aliphatic rings. The van der Waals surface area contributed by atoms with Crippen molar-refractivity contribution in [3.8, 4) is 0 Å². The highest BCUT2D eigenvalue weighted by molar-refractivity contribution is 7.47. The van der Waals surface area contributed by atoms with Crippen molar-refractivity contribution < 1.29 is 87.9 Å². The van der Waals surface area contributed by atoms with Crippen LogP contribution >= 0.6 is 7.82 Å². The number of hydrogen-bond acceptors (Lipinski definition) is 17. The van der Waals surface area contributed by atoms with E-state index in [1.54, 1.807) is 0 Å². The number of phosphoric ester groups is 1. The molecule has 0 aromatic rings. The average molecular weight is 987 g/mol. The van der Waals surface area contributed by atoms with E-state index in [2.05, 4.69) is 13.8 Å². The number of aliphatic hydroxyl groups is 8. The van der Waals surface area contributed by atoms with Gasteiger partial charge in [0.15, 0.2) is 12.4 Å². The van der Waals surface area contributed by atoms with Crippen LogP contribution in [-0.2, 0) is 42.1 Å². The molecule has 0 aromatic carbocycles. The van der Waals surface area contributed by atoms with Crippen LogP contribution in [0.2, 0.25) is 0 Å². The van der Waals surface area contributed by atoms with Gasteiger partial charge >= 0.3 is 19.8 Å². The number of esters is 2. The van der Waals surface area contributed by atoms with Gasteiger partial charge in [0.25, 0.3) is 0 Å². The van der Waals surface area contributed by atoms with E-state index in [1.165, 1.54) is 109 Å². The fourth-order valence-corrected chi connectivity index (χ4v) is 9.50. The van der Waals surface area contributed by atoms with E-state index in [0.717, 1.165) is 51.4 Å². The minimum Gasteiger partial charge on any atom is -0.462 e. The number of rotatable bonds is 40. The van der Waals surface area contributed by atoms with Gasteiger partial charge in [0.05, 0.1) is 13.2 Å². The maximum absolute atomic E-state index is 13.4. The van der Waals surface area contributed by atoms with Crippen LogP contribution in [0.4, 0.5) is 0 Å². The molecule has 1 saturated heterocycles. The molecule has 1 saturated carbocycles. The highest BCUT2D eigenvalue weighted by atomic mass is 31.2. The van der Waals surface area contributed by atoms with Gasteiger partial charge in [0.1, 0.15) is 67.6 Å². The first-order chi connectivity index (χ1) is 32.2. The van der Waals surface area contributed by atoms with Crippen LogP contribution in [0.25, 0.3) is 0 Å². The maximum Gasteiger partial charge on any atom is 0.472 e. The molecular weight excluding hydrogens is 895 g/mol. The molecule has 0 aromatic heterocycles. The van der Waals surface area contributed by atoms with Crippen molar-refractivity contribution >= 4 is 19.8 Å². The number of carbonyl (C=O) groups excluding carboxylic acids is 2. The van der Waals surface area contributed by atoms with Crippen molar-refractivity contribution in [2.24, 2.45) is 0 Å². The lowest BCUT2D eigenvalue weighted by atomic mass is 9.84. The lowest BCUT2D eigenvalue weighted by Crippen LogP contribution is -2.67. The molecule has 0 spiro atoms. The van der Waals surface area contributed by atoms with Crippen LogP contribution in [0.3, 0.4) is 0 Å². The van der Waals surface area contributed by atoms with Gasteiger partial charge < -0.3 is 64.7 Å². The Kier molecular flexibility index (Phi) is 33.7. The SMILES string of the molecule is CCCCCCCCCCCCCCCCCCC(=O)OC[C@H](COP(=O)(O)O[C@@H]1C(O)C(O)[C@@H](O)C(O)[C@H]1O[C@H]1OC(CO)[C@@H](O)C(O)[C@H]1O)OC(=O)CCCCCCCCCCCCC. The standard InChI is InChI=1S/C48H91O18P/c1-3-5-7-9-11-13-15-16-17-18-19-21-22-24-26-28-30-37(50)61-33-35(63-38(51)31-29-27-25-23-20-14-12-10-8-6-4-2)34-62-67(59,60)66-47-44(57)42(55)41(54)43(56)46(47)65-48-45(58)40(53)39(52)36(32-49)64-48/h35-36,39-49,52-58H,3-34H2,1-2H3,(H,59,60)/t35-,36?,39-,40?,41-,42?,43?,44?,45-,46-,47-,48-/m1/s1. The van der Waals surface area contributed by atoms with Crippen molar-refractivity contribution in [3.63, 3.8) is 0 Å². The lowest BCUT2D eigenvalue weighted by molar-refractivity contribution is -0.338. The zero-order valence-corrected chi connectivity index (χ0v) is 41.6. The third kappa shape index (κ3) is 25.6. The Morgan fingerprint density at radius 3 is 1.33 bits per heavy atom. The zero-order chi connectivity index (χ0) is 49.5. The van der Waals surface area contributed by atoms with E-state index in [0.29, 0.717) is 12.8 Å². The Morgan fingerprint density at radius 2 is 0.896 bits per heavy atom. The summed E-state index contributed by atoms with van der Waals surface area (Å²) in [5, 5.41) is 82.9. The second-order valence-electron chi connectivity index (χ2n) is 18.7. The summed E-state index contributed by atoms with van der Waals surface area (Å²) in [6, 6.07) is 0. The van der Waals surface area contributed by atoms with Gasteiger partial charge in [-0.25, -0.2) is 4.57 Å². The minimum absolute atomic E-state index is 0.0390. The predicted octanol–water partition coefficient (Wildman–Crippen LogP) is 5.94. The first-order valence-electron chi connectivity index (χ1n) is 25.9. The van der Waals surface area contributed by atoms with Crippen LogP contribution in [0.5, 0.6) is 0 Å². The van der Waals surface area contributed by atoms with Crippen LogP contribution in [0.1, 0.15) is 200 Å². The molecule has 13 atom stereocenters. The summed E-state index contributed by atoms with van der Waals surface area (Å²) in [6.45, 7) is 2.23. The second-order valence-corrected chi connectivity index (χ2v) is 20.1. The Hall–Kier alpha value is -1.35. The molecule has 1 heterocycles. The van der Waals surface area contributed by atoms with Gasteiger partial charge in [0.2, 0.25) is 0 Å². The molecule has 6 unspecified atom stereocenters. The molecule has 1 aliphatic carbocycles. The summed E-state index contributed by atoms with van der Waals surface area (Å²) in [6.07, 6.45) is 7.63. The molecule has 0 amide bonds. The number of aliphatic hydroxyl groups excluding tert-OH is 8. The molecule has 19 heteroatoms. The van der Waals surface area contributed by atoms with Gasteiger partial charge in [-0.3, -0.25) is 18.6 Å². The van der Waals surface area contributed by atoms with Crippen molar-refractivity contribution in [2.45, 2.75) is 273 Å². The molecule has 18 nitrogen and oxygen atoms in total. The number of phosphoric acid groups is 1. The molecule has 0 bridgehead atoms. The Bertz CT molecular complexity index is 1310. The van der Waals surface area contributed by atoms with E-state index in [4.69, 9.17) is 28.0 Å². The largest absolute Gasteiger partial charge is 0.472 e. The summed E-state index contributed by atoms with van der Waals surface area (Å²) < 4.78 is 45.4. The molecule has 2 fully saturated rings. The third-order valence-corrected chi connectivity index (χ3v) is 13.8. The first-order valence-corrected chi connectivity index (χ1v) is 27.4. The van der Waals surface area contributed by atoms with Crippen molar-refractivity contribution in [1.29, 1.82) is 0 Å². The highest BCUT2D eigenvalue weighted by Crippen LogP contribution is 2.48. The molecular formula is C48H91O18P. The van der Waals surface area contributed by atoms with Crippen molar-refractivity contribution in [3.05, 3.63) is 0 Å². The topological polar surface area (TPSA) is 289 Å². The number of carbonyl (C=O) groups is 2. The van der Waals surface area contributed by atoms with E-state index < -0.39 is 113 Å². The van der Waals surface area contributed by atoms with Crippen LogP contribution < -0.4 is 0 Å². The van der Waals surface area contributed by atoms with Gasteiger partial charge in [-0.15, -0.1) is 0 Å². The Morgan fingerprint density at radius 1 is 0.507 bits per heavy atom. The number of hydrogen-bond donors (Lipinski definition) is 9. The van der Waals surface area contributed by atoms with E-state index in [1.807, 2.05) is 0 Å². The Labute approximate surface area is 400 Å². The highest BCUT2D eigenvalue weighted by Gasteiger charge is 2.55. The van der Waals surface area contributed by atoms with Gasteiger partial charge in [-0.2, -0.15) is 0 Å².